The predicted octanol–water partition coefficient (Wildman–Crippen LogP) is -1.30. The monoisotopic (exact) mass is 215 g/mol. The molecule has 0 bridgehead atoms. The summed E-state index contributed by atoms with van der Waals surface area (Å²) in [5, 5.41) is 0. The van der Waals surface area contributed by atoms with Crippen molar-refractivity contribution in [2.75, 3.05) is 0 Å². The van der Waals surface area contributed by atoms with Crippen LogP contribution in [0, 0.1) is 6.92 Å². The lowest BCUT2D eigenvalue weighted by molar-refractivity contribution is -0.697. The van der Waals surface area contributed by atoms with Crippen LogP contribution in [0.25, 0.3) is 0 Å². The largest absolute Gasteiger partial charge is 1.00 e. The number of aryl methyl sites for hydroxylation is 2. The Morgan fingerprint density at radius 1 is 1.27 bits per heavy atom. The number of nitrogens with zero attached hydrogens (tertiary/aromatic N) is 1. The quantitative estimate of drug-likeness (QED) is 0.541. The third-order valence-electron chi connectivity index (χ3n) is 1.54. The van der Waals surface area contributed by atoms with Crippen molar-refractivity contribution in [1.29, 1.82) is 0 Å². The molecule has 0 fully saturated rings. The lowest BCUT2D eigenvalue weighted by atomic mass is 10.3. The van der Waals surface area contributed by atoms with E-state index in [0.29, 0.717) is 0 Å². The lowest BCUT2D eigenvalue weighted by Gasteiger charge is -1.92. The summed E-state index contributed by atoms with van der Waals surface area (Å²) in [7, 11) is 0. The highest BCUT2D eigenvalue weighted by molar-refractivity contribution is 5.03. The lowest BCUT2D eigenvalue weighted by Crippen LogP contribution is -3.00. The fourth-order valence-corrected chi connectivity index (χ4v) is 0.939. The molecule has 0 atom stereocenters. The Hall–Kier alpha value is -0.370. The molecule has 0 aromatic carbocycles. The van der Waals surface area contributed by atoms with E-state index in [0.717, 1.165) is 6.54 Å². The average molecular weight is 216 g/mol. The minimum absolute atomic E-state index is 0. The van der Waals surface area contributed by atoms with E-state index in [-0.39, 0.29) is 17.0 Å². The van der Waals surface area contributed by atoms with Crippen molar-refractivity contribution in [1.82, 2.24) is 0 Å². The van der Waals surface area contributed by atoms with Crippen LogP contribution in [0.4, 0.5) is 0 Å². The molecule has 0 saturated heterocycles. The van der Waals surface area contributed by atoms with Crippen molar-refractivity contribution >= 4 is 0 Å². The van der Waals surface area contributed by atoms with Crippen LogP contribution in [0.2, 0.25) is 0 Å². The predicted molar refractivity (Wildman–Crippen MR) is 41.7 cm³/mol. The molecule has 11 heavy (non-hydrogen) atoms. The van der Waals surface area contributed by atoms with Crippen molar-refractivity contribution in [3.05, 3.63) is 30.1 Å². The third-order valence-corrected chi connectivity index (χ3v) is 1.54. The molecule has 2 heteroatoms. The molecule has 0 aliphatic rings. The van der Waals surface area contributed by atoms with Gasteiger partial charge in [-0.1, -0.05) is 6.92 Å². The molecule has 0 amide bonds. The van der Waals surface area contributed by atoms with Gasteiger partial charge in [0.25, 0.3) is 0 Å². The van der Waals surface area contributed by atoms with Crippen molar-refractivity contribution in [2.45, 2.75) is 26.8 Å². The highest BCUT2D eigenvalue weighted by atomic mass is 79.9. The van der Waals surface area contributed by atoms with Crippen LogP contribution in [-0.2, 0) is 6.54 Å². The zero-order valence-electron chi connectivity index (χ0n) is 7.05. The third kappa shape index (κ3) is 3.51. The highest BCUT2D eigenvalue weighted by Crippen LogP contribution is 1.89. The van der Waals surface area contributed by atoms with E-state index in [9.17, 15) is 0 Å². The van der Waals surface area contributed by atoms with Gasteiger partial charge < -0.3 is 17.0 Å². The van der Waals surface area contributed by atoms with E-state index in [1.807, 2.05) is 0 Å². The normalized spacial score (nSPS) is 8.91. The van der Waals surface area contributed by atoms with Crippen molar-refractivity contribution in [2.24, 2.45) is 0 Å². The van der Waals surface area contributed by atoms with Gasteiger partial charge in [-0.3, -0.25) is 0 Å². The van der Waals surface area contributed by atoms with Crippen LogP contribution in [0.15, 0.2) is 24.5 Å². The fraction of sp³-hybridized carbons (Fsp3) is 0.444. The Balaban J connectivity index is 0.000001000. The molecule has 1 aromatic heterocycles. The van der Waals surface area contributed by atoms with Gasteiger partial charge in [0, 0.05) is 18.6 Å². The molecule has 0 aliphatic carbocycles. The van der Waals surface area contributed by atoms with E-state index in [2.05, 4.69) is 42.9 Å². The van der Waals surface area contributed by atoms with Gasteiger partial charge in [-0.15, -0.1) is 0 Å². The van der Waals surface area contributed by atoms with E-state index in [1.54, 1.807) is 0 Å². The summed E-state index contributed by atoms with van der Waals surface area (Å²) in [6, 6.07) is 4.27. The van der Waals surface area contributed by atoms with E-state index in [4.69, 9.17) is 0 Å². The van der Waals surface area contributed by atoms with Gasteiger partial charge in [0.1, 0.15) is 6.54 Å². The molecule has 1 nitrogen and oxygen atoms in total. The maximum atomic E-state index is 2.20. The van der Waals surface area contributed by atoms with E-state index < -0.39 is 0 Å². The Morgan fingerprint density at radius 2 is 1.82 bits per heavy atom. The summed E-state index contributed by atoms with van der Waals surface area (Å²) < 4.78 is 2.20. The number of halogens is 1. The molecule has 1 aromatic rings. The zero-order chi connectivity index (χ0) is 7.40. The second kappa shape index (κ2) is 5.30. The first kappa shape index (κ1) is 10.6. The summed E-state index contributed by atoms with van der Waals surface area (Å²) in [5.41, 5.74) is 1.33. The second-order valence-electron chi connectivity index (χ2n) is 2.61. The molecular weight excluding hydrogens is 202 g/mol. The molecule has 0 N–H and O–H groups in total. The van der Waals surface area contributed by atoms with Crippen molar-refractivity contribution in [3.8, 4) is 0 Å². The number of hydrogen-bond donors (Lipinski definition) is 0. The highest BCUT2D eigenvalue weighted by Gasteiger charge is 1.94. The van der Waals surface area contributed by atoms with Gasteiger partial charge >= 0.3 is 0 Å². The van der Waals surface area contributed by atoms with Gasteiger partial charge in [0.2, 0.25) is 0 Å². The van der Waals surface area contributed by atoms with Crippen LogP contribution in [0.5, 0.6) is 0 Å². The van der Waals surface area contributed by atoms with Crippen LogP contribution >= 0.6 is 0 Å². The van der Waals surface area contributed by atoms with E-state index >= 15 is 0 Å². The summed E-state index contributed by atoms with van der Waals surface area (Å²) in [4.78, 5) is 0. The Bertz CT molecular complexity index is 193. The molecule has 1 heterocycles. The smallest absolute Gasteiger partial charge is 0.169 e. The maximum Gasteiger partial charge on any atom is 0.169 e. The SMILES string of the molecule is CCC[n+]1ccc(C)cc1.[Br-]. The van der Waals surface area contributed by atoms with Gasteiger partial charge in [0.05, 0.1) is 0 Å². The molecule has 0 aliphatic heterocycles. The number of hydrogen-bond acceptors (Lipinski definition) is 0. The van der Waals surface area contributed by atoms with Crippen LogP contribution in [0.1, 0.15) is 18.9 Å². The molecular formula is C9H14BrN. The summed E-state index contributed by atoms with van der Waals surface area (Å²) >= 11 is 0. The number of aromatic nitrogens is 1. The van der Waals surface area contributed by atoms with Gasteiger partial charge in [0.15, 0.2) is 12.4 Å². The van der Waals surface area contributed by atoms with Crippen molar-refractivity contribution < 1.29 is 21.5 Å². The topological polar surface area (TPSA) is 3.88 Å². The number of rotatable bonds is 2. The van der Waals surface area contributed by atoms with Gasteiger partial charge in [-0.05, 0) is 12.5 Å². The first-order valence-corrected chi connectivity index (χ1v) is 3.78. The second-order valence-corrected chi connectivity index (χ2v) is 2.61. The number of pyridine rings is 1. The van der Waals surface area contributed by atoms with Gasteiger partial charge in [-0.2, -0.15) is 0 Å². The van der Waals surface area contributed by atoms with Crippen LogP contribution < -0.4 is 21.5 Å². The van der Waals surface area contributed by atoms with E-state index in [1.165, 1.54) is 12.0 Å². The van der Waals surface area contributed by atoms with Crippen LogP contribution in [-0.4, -0.2) is 0 Å². The minimum Gasteiger partial charge on any atom is -1.00 e. The molecule has 62 valence electrons. The first-order valence-electron chi connectivity index (χ1n) is 3.78. The Labute approximate surface area is 78.8 Å². The minimum atomic E-state index is 0. The summed E-state index contributed by atoms with van der Waals surface area (Å²) in [6.07, 6.45) is 5.45. The standard InChI is InChI=1S/C9H14N.BrH/c1-3-6-10-7-4-9(2)5-8-10;/h4-5,7-8H,3,6H2,1-2H3;1H/q+1;/p-1. The Morgan fingerprint density at radius 3 is 2.27 bits per heavy atom. The first-order chi connectivity index (χ1) is 4.83. The fourth-order valence-electron chi connectivity index (χ4n) is 0.939. The molecule has 0 saturated carbocycles. The molecule has 0 spiro atoms. The van der Waals surface area contributed by atoms with Crippen LogP contribution in [0.3, 0.4) is 0 Å². The zero-order valence-corrected chi connectivity index (χ0v) is 8.63. The summed E-state index contributed by atoms with van der Waals surface area (Å²) in [6.45, 7) is 5.42. The van der Waals surface area contributed by atoms with Crippen molar-refractivity contribution in [3.63, 3.8) is 0 Å². The van der Waals surface area contributed by atoms with Gasteiger partial charge in [-0.25, -0.2) is 4.57 Å². The maximum absolute atomic E-state index is 2.20. The average Bonchev–Trinajstić information content (AvgIpc) is 1.95. The molecule has 0 radical (unpaired) electrons. The molecule has 0 unspecified atom stereocenters. The summed E-state index contributed by atoms with van der Waals surface area (Å²) in [5.74, 6) is 0. The molecule has 1 rings (SSSR count). The Kier molecular flexibility index (Phi) is 5.12.